The minimum absolute atomic E-state index is 0.117. The van der Waals surface area contributed by atoms with Gasteiger partial charge in [-0.2, -0.15) is 5.26 Å². The number of piperazine rings is 1. The van der Waals surface area contributed by atoms with Crippen LogP contribution in [0.1, 0.15) is 12.5 Å². The predicted molar refractivity (Wildman–Crippen MR) is 77.1 cm³/mol. The van der Waals surface area contributed by atoms with Crippen LogP contribution in [0.5, 0.6) is 0 Å². The summed E-state index contributed by atoms with van der Waals surface area (Å²) in [4.78, 5) is 2.46. The van der Waals surface area contributed by atoms with Gasteiger partial charge in [0.2, 0.25) is 0 Å². The monoisotopic (exact) mass is 293 g/mol. The maximum absolute atomic E-state index is 12.2. The van der Waals surface area contributed by atoms with Crippen molar-refractivity contribution in [2.45, 2.75) is 17.9 Å². The largest absolute Gasteiger partial charge is 0.312 e. The standard InChI is InChI=1S/C14H19N3O2S/c1-12-11-17(7-6-16-12)8-9-20(18,19)14-4-2-13(10-15)3-5-14/h2-5,12,16H,6-9,11H2,1H3. The van der Waals surface area contributed by atoms with Crippen molar-refractivity contribution in [2.75, 3.05) is 31.9 Å². The highest BCUT2D eigenvalue weighted by Crippen LogP contribution is 2.13. The van der Waals surface area contributed by atoms with Crippen LogP contribution in [0, 0.1) is 11.3 Å². The lowest BCUT2D eigenvalue weighted by Gasteiger charge is -2.31. The molecule has 0 aromatic heterocycles. The molecule has 0 aliphatic carbocycles. The molecule has 1 heterocycles. The smallest absolute Gasteiger partial charge is 0.179 e. The van der Waals surface area contributed by atoms with Crippen molar-refractivity contribution >= 4 is 9.84 Å². The van der Waals surface area contributed by atoms with Crippen LogP contribution < -0.4 is 5.32 Å². The zero-order valence-corrected chi connectivity index (χ0v) is 12.4. The van der Waals surface area contributed by atoms with Gasteiger partial charge in [0.15, 0.2) is 9.84 Å². The molecule has 0 radical (unpaired) electrons. The third kappa shape index (κ3) is 3.79. The summed E-state index contributed by atoms with van der Waals surface area (Å²) in [6.07, 6.45) is 0. The normalized spacial score (nSPS) is 20.5. The minimum atomic E-state index is -3.27. The van der Waals surface area contributed by atoms with E-state index in [-0.39, 0.29) is 5.75 Å². The summed E-state index contributed by atoms with van der Waals surface area (Å²) < 4.78 is 24.5. The molecule has 1 aromatic rings. The molecule has 1 aliphatic heterocycles. The lowest BCUT2D eigenvalue weighted by molar-refractivity contribution is 0.217. The molecular weight excluding hydrogens is 274 g/mol. The Morgan fingerprint density at radius 3 is 2.70 bits per heavy atom. The Hall–Kier alpha value is -1.42. The topological polar surface area (TPSA) is 73.2 Å². The molecule has 1 fully saturated rings. The minimum Gasteiger partial charge on any atom is -0.312 e. The lowest BCUT2D eigenvalue weighted by Crippen LogP contribution is -2.50. The van der Waals surface area contributed by atoms with Crippen molar-refractivity contribution in [1.82, 2.24) is 10.2 Å². The summed E-state index contributed by atoms with van der Waals surface area (Å²) in [6, 6.07) is 8.49. The summed E-state index contributed by atoms with van der Waals surface area (Å²) in [6.45, 7) is 5.31. The van der Waals surface area contributed by atoms with Gasteiger partial charge in [-0.1, -0.05) is 0 Å². The number of rotatable bonds is 4. The van der Waals surface area contributed by atoms with E-state index in [9.17, 15) is 8.42 Å². The number of nitrogens with one attached hydrogen (secondary N) is 1. The summed E-state index contributed by atoms with van der Waals surface area (Å²) in [7, 11) is -3.27. The molecule has 1 atom stereocenters. The van der Waals surface area contributed by atoms with Gasteiger partial charge in [0.1, 0.15) is 0 Å². The number of nitriles is 1. The molecule has 1 unspecified atom stereocenters. The first-order chi connectivity index (χ1) is 9.51. The molecule has 6 heteroatoms. The third-order valence-corrected chi connectivity index (χ3v) is 5.18. The predicted octanol–water partition coefficient (Wildman–Crippen LogP) is 0.626. The highest BCUT2D eigenvalue weighted by molar-refractivity contribution is 7.91. The van der Waals surface area contributed by atoms with E-state index in [1.165, 1.54) is 12.1 Å². The second kappa shape index (κ2) is 6.35. The Labute approximate surface area is 120 Å². The van der Waals surface area contributed by atoms with Crippen molar-refractivity contribution in [1.29, 1.82) is 5.26 Å². The first kappa shape index (κ1) is 15.0. The number of benzene rings is 1. The Morgan fingerprint density at radius 1 is 1.40 bits per heavy atom. The van der Waals surface area contributed by atoms with Crippen molar-refractivity contribution in [3.05, 3.63) is 29.8 Å². The Balaban J connectivity index is 1.98. The first-order valence-electron chi connectivity index (χ1n) is 6.70. The van der Waals surface area contributed by atoms with Crippen LogP contribution in [-0.4, -0.2) is 51.3 Å². The van der Waals surface area contributed by atoms with Crippen LogP contribution in [0.3, 0.4) is 0 Å². The molecule has 1 aliphatic rings. The van der Waals surface area contributed by atoms with Crippen LogP contribution in [0.2, 0.25) is 0 Å². The van der Waals surface area contributed by atoms with Gasteiger partial charge in [-0.3, -0.25) is 4.90 Å². The van der Waals surface area contributed by atoms with Gasteiger partial charge in [-0.15, -0.1) is 0 Å². The molecule has 0 spiro atoms. The van der Waals surface area contributed by atoms with E-state index < -0.39 is 9.84 Å². The van der Waals surface area contributed by atoms with E-state index in [1.54, 1.807) is 12.1 Å². The third-order valence-electron chi connectivity index (χ3n) is 3.47. The van der Waals surface area contributed by atoms with Crippen LogP contribution in [0.15, 0.2) is 29.2 Å². The molecule has 1 N–H and O–H groups in total. The van der Waals surface area contributed by atoms with E-state index in [4.69, 9.17) is 5.26 Å². The molecular formula is C14H19N3O2S. The molecule has 20 heavy (non-hydrogen) atoms. The summed E-state index contributed by atoms with van der Waals surface area (Å²) in [5, 5.41) is 12.0. The molecule has 1 aromatic carbocycles. The van der Waals surface area contributed by atoms with Gasteiger partial charge < -0.3 is 5.32 Å². The van der Waals surface area contributed by atoms with E-state index in [0.717, 1.165) is 19.6 Å². The molecule has 0 amide bonds. The molecule has 5 nitrogen and oxygen atoms in total. The molecule has 0 saturated carbocycles. The van der Waals surface area contributed by atoms with Gasteiger partial charge in [0.25, 0.3) is 0 Å². The van der Waals surface area contributed by atoms with Crippen molar-refractivity contribution in [3.8, 4) is 6.07 Å². The van der Waals surface area contributed by atoms with Gasteiger partial charge >= 0.3 is 0 Å². The highest BCUT2D eigenvalue weighted by atomic mass is 32.2. The van der Waals surface area contributed by atoms with E-state index >= 15 is 0 Å². The van der Waals surface area contributed by atoms with Crippen molar-refractivity contribution < 1.29 is 8.42 Å². The Kier molecular flexibility index (Phi) is 4.76. The summed E-state index contributed by atoms with van der Waals surface area (Å²) in [5.41, 5.74) is 0.472. The zero-order chi connectivity index (χ0) is 14.6. The average molecular weight is 293 g/mol. The quantitative estimate of drug-likeness (QED) is 0.881. The van der Waals surface area contributed by atoms with Crippen LogP contribution in [0.25, 0.3) is 0 Å². The number of sulfone groups is 1. The number of nitrogens with zero attached hydrogens (tertiary/aromatic N) is 2. The van der Waals surface area contributed by atoms with Crippen LogP contribution in [-0.2, 0) is 9.84 Å². The summed E-state index contributed by atoms with van der Waals surface area (Å²) >= 11 is 0. The van der Waals surface area contributed by atoms with Gasteiger partial charge in [0.05, 0.1) is 22.3 Å². The van der Waals surface area contributed by atoms with Crippen LogP contribution >= 0.6 is 0 Å². The SMILES string of the molecule is CC1CN(CCS(=O)(=O)c2ccc(C#N)cc2)CCN1. The van der Waals surface area contributed by atoms with Crippen LogP contribution in [0.4, 0.5) is 0 Å². The fraction of sp³-hybridized carbons (Fsp3) is 0.500. The fourth-order valence-corrected chi connectivity index (χ4v) is 3.60. The molecule has 0 bridgehead atoms. The number of hydrogen-bond acceptors (Lipinski definition) is 5. The lowest BCUT2D eigenvalue weighted by atomic mass is 10.2. The maximum Gasteiger partial charge on any atom is 0.179 e. The van der Waals surface area contributed by atoms with E-state index in [1.807, 2.05) is 6.07 Å². The second-order valence-corrected chi connectivity index (χ2v) is 7.22. The van der Waals surface area contributed by atoms with Gasteiger partial charge in [0, 0.05) is 32.2 Å². The Morgan fingerprint density at radius 2 is 2.10 bits per heavy atom. The fourth-order valence-electron chi connectivity index (χ4n) is 2.32. The van der Waals surface area contributed by atoms with Crippen molar-refractivity contribution in [2.24, 2.45) is 0 Å². The van der Waals surface area contributed by atoms with E-state index in [2.05, 4.69) is 17.1 Å². The molecule has 108 valence electrons. The number of hydrogen-bond donors (Lipinski definition) is 1. The molecule has 1 saturated heterocycles. The highest BCUT2D eigenvalue weighted by Gasteiger charge is 2.19. The van der Waals surface area contributed by atoms with Gasteiger partial charge in [-0.05, 0) is 31.2 Å². The Bertz CT molecular complexity index is 590. The zero-order valence-electron chi connectivity index (χ0n) is 11.5. The molecule has 2 rings (SSSR count). The maximum atomic E-state index is 12.2. The summed E-state index contributed by atoms with van der Waals surface area (Å²) in [5.74, 6) is 0.117. The first-order valence-corrected chi connectivity index (χ1v) is 8.35. The van der Waals surface area contributed by atoms with Crippen molar-refractivity contribution in [3.63, 3.8) is 0 Å². The second-order valence-electron chi connectivity index (χ2n) is 5.11. The average Bonchev–Trinajstić information content (AvgIpc) is 2.45. The van der Waals surface area contributed by atoms with E-state index in [0.29, 0.717) is 23.0 Å². The van der Waals surface area contributed by atoms with Gasteiger partial charge in [-0.25, -0.2) is 8.42 Å².